The maximum Gasteiger partial charge on any atom is 0.441 e. The normalized spacial score (nSPS) is 22.8. The first kappa shape index (κ1) is 19.9. The van der Waals surface area contributed by atoms with E-state index in [-0.39, 0.29) is 36.9 Å². The summed E-state index contributed by atoms with van der Waals surface area (Å²) in [6.07, 6.45) is -0.111. The summed E-state index contributed by atoms with van der Waals surface area (Å²) in [4.78, 5) is 25.0. The third-order valence-corrected chi connectivity index (χ3v) is 4.26. The average Bonchev–Trinajstić information content (AvgIpc) is 2.35. The smallest absolute Gasteiger partial charge is 0.441 e. The van der Waals surface area contributed by atoms with Crippen LogP contribution in [0, 0.1) is 5.41 Å². The number of carbonyl (C=O) groups is 2. The topological polar surface area (TPSA) is 66.8 Å². The van der Waals surface area contributed by atoms with Gasteiger partial charge in [0.2, 0.25) is 0 Å². The number of carboxylic acids is 1. The number of amides is 1. The Bertz CT molecular complexity index is 450. The van der Waals surface area contributed by atoms with Crippen LogP contribution in [0.2, 0.25) is 0 Å². The lowest BCUT2D eigenvalue weighted by Crippen LogP contribution is -2.51. The first-order valence-electron chi connectivity index (χ1n) is 7.27. The van der Waals surface area contributed by atoms with Gasteiger partial charge in [-0.15, -0.1) is 0 Å². The highest BCUT2D eigenvalue weighted by molar-refractivity contribution is 8.00. The number of piperidine rings is 1. The van der Waals surface area contributed by atoms with E-state index in [1.54, 1.807) is 20.8 Å². The van der Waals surface area contributed by atoms with Gasteiger partial charge in [-0.25, -0.2) is 4.79 Å². The number of nitrogens with zero attached hydrogens (tertiary/aromatic N) is 1. The van der Waals surface area contributed by atoms with Crippen LogP contribution in [0.3, 0.4) is 0 Å². The molecule has 0 radical (unpaired) electrons. The van der Waals surface area contributed by atoms with Crippen LogP contribution in [0.15, 0.2) is 0 Å². The Morgan fingerprint density at radius 1 is 1.30 bits per heavy atom. The van der Waals surface area contributed by atoms with Crippen molar-refractivity contribution in [3.05, 3.63) is 0 Å². The molecule has 5 nitrogen and oxygen atoms in total. The Balaban J connectivity index is 2.76. The number of likely N-dealkylation sites (tertiary alicyclic amines) is 1. The Morgan fingerprint density at radius 3 is 2.39 bits per heavy atom. The zero-order chi connectivity index (χ0) is 17.9. The number of hydrogen-bond acceptors (Lipinski definition) is 4. The lowest BCUT2D eigenvalue weighted by atomic mass is 9.78. The predicted molar refractivity (Wildman–Crippen MR) is 80.2 cm³/mol. The highest BCUT2D eigenvalue weighted by atomic mass is 32.2. The fourth-order valence-electron chi connectivity index (χ4n) is 2.46. The molecule has 0 saturated carbocycles. The summed E-state index contributed by atoms with van der Waals surface area (Å²) in [5.41, 5.74) is -6.46. The van der Waals surface area contributed by atoms with Crippen molar-refractivity contribution < 1.29 is 32.6 Å². The lowest BCUT2D eigenvalue weighted by molar-refractivity contribution is -0.152. The molecule has 0 aromatic heterocycles. The van der Waals surface area contributed by atoms with E-state index in [4.69, 9.17) is 4.74 Å². The molecule has 1 aliphatic rings. The first-order chi connectivity index (χ1) is 10.3. The van der Waals surface area contributed by atoms with E-state index in [2.05, 4.69) is 0 Å². The van der Waals surface area contributed by atoms with Crippen molar-refractivity contribution in [2.24, 2.45) is 5.41 Å². The number of ether oxygens (including phenoxy) is 1. The van der Waals surface area contributed by atoms with Crippen molar-refractivity contribution in [3.63, 3.8) is 0 Å². The summed E-state index contributed by atoms with van der Waals surface area (Å²) in [6.45, 7) is 5.30. The maximum atomic E-state index is 12.3. The second-order valence-corrected chi connectivity index (χ2v) is 7.79. The average molecular weight is 357 g/mol. The molecule has 0 bridgehead atoms. The minimum atomic E-state index is -4.39. The molecule has 0 aromatic carbocycles. The maximum absolute atomic E-state index is 12.3. The molecular formula is C14H22F3NO4S. The third kappa shape index (κ3) is 6.48. The Morgan fingerprint density at radius 2 is 1.91 bits per heavy atom. The monoisotopic (exact) mass is 357 g/mol. The van der Waals surface area contributed by atoms with Gasteiger partial charge in [-0.05, 0) is 40.0 Å². The van der Waals surface area contributed by atoms with Gasteiger partial charge < -0.3 is 14.7 Å². The van der Waals surface area contributed by atoms with E-state index < -0.39 is 28.6 Å². The largest absolute Gasteiger partial charge is 0.481 e. The third-order valence-electron chi connectivity index (χ3n) is 3.53. The molecule has 1 heterocycles. The quantitative estimate of drug-likeness (QED) is 0.830. The zero-order valence-corrected chi connectivity index (χ0v) is 14.2. The Kier molecular flexibility index (Phi) is 6.23. The SMILES string of the molecule is CC(C)(C)OC(=O)N1CCCC(CCSC(F)(F)F)(C(=O)O)C1. The van der Waals surface area contributed by atoms with Crippen molar-refractivity contribution in [1.29, 1.82) is 0 Å². The summed E-state index contributed by atoms with van der Waals surface area (Å²) < 4.78 is 42.0. The van der Waals surface area contributed by atoms with Crippen LogP contribution < -0.4 is 0 Å². The van der Waals surface area contributed by atoms with Gasteiger partial charge in [-0.1, -0.05) is 11.8 Å². The fourth-order valence-corrected chi connectivity index (χ4v) is 3.19. The minimum Gasteiger partial charge on any atom is -0.481 e. The molecule has 9 heteroatoms. The molecule has 1 amide bonds. The molecule has 1 atom stereocenters. The van der Waals surface area contributed by atoms with E-state index in [0.29, 0.717) is 13.0 Å². The van der Waals surface area contributed by atoms with Crippen molar-refractivity contribution in [1.82, 2.24) is 4.90 Å². The highest BCUT2D eigenvalue weighted by Crippen LogP contribution is 2.38. The van der Waals surface area contributed by atoms with Crippen LogP contribution in [-0.2, 0) is 9.53 Å². The van der Waals surface area contributed by atoms with Crippen LogP contribution in [0.1, 0.15) is 40.0 Å². The van der Waals surface area contributed by atoms with Gasteiger partial charge in [0.25, 0.3) is 0 Å². The van der Waals surface area contributed by atoms with Crippen molar-refractivity contribution >= 4 is 23.8 Å². The van der Waals surface area contributed by atoms with Crippen LogP contribution in [0.4, 0.5) is 18.0 Å². The predicted octanol–water partition coefficient (Wildman–Crippen LogP) is 3.73. The molecule has 1 rings (SSSR count). The van der Waals surface area contributed by atoms with Gasteiger partial charge in [0.1, 0.15) is 5.60 Å². The number of carboxylic acid groups (broad SMARTS) is 1. The van der Waals surface area contributed by atoms with Crippen molar-refractivity contribution in [3.8, 4) is 0 Å². The summed E-state index contributed by atoms with van der Waals surface area (Å²) in [7, 11) is 0. The molecule has 1 aliphatic heterocycles. The lowest BCUT2D eigenvalue weighted by Gasteiger charge is -2.40. The highest BCUT2D eigenvalue weighted by Gasteiger charge is 2.45. The standard InChI is InChI=1S/C14H22F3NO4S/c1-12(2,3)22-11(21)18-7-4-5-13(9-18,10(19)20)6-8-23-14(15,16)17/h4-9H2,1-3H3,(H,19,20). The number of thioether (sulfide) groups is 1. The van der Waals surface area contributed by atoms with E-state index in [1.165, 1.54) is 4.90 Å². The molecule has 1 unspecified atom stereocenters. The number of aliphatic carboxylic acids is 1. The van der Waals surface area contributed by atoms with E-state index in [9.17, 15) is 27.9 Å². The number of halogens is 3. The molecule has 0 spiro atoms. The molecule has 134 valence electrons. The molecule has 1 N–H and O–H groups in total. The minimum absolute atomic E-state index is 0.129. The van der Waals surface area contributed by atoms with E-state index >= 15 is 0 Å². The molecule has 0 aromatic rings. The number of alkyl halides is 3. The van der Waals surface area contributed by atoms with Gasteiger partial charge in [0.15, 0.2) is 0 Å². The number of rotatable bonds is 4. The number of carbonyl (C=O) groups excluding carboxylic acids is 1. The first-order valence-corrected chi connectivity index (χ1v) is 8.25. The van der Waals surface area contributed by atoms with E-state index in [1.807, 2.05) is 0 Å². The molecule has 23 heavy (non-hydrogen) atoms. The molecule has 1 fully saturated rings. The summed E-state index contributed by atoms with van der Waals surface area (Å²) in [6, 6.07) is 0. The molecule has 1 saturated heterocycles. The van der Waals surface area contributed by atoms with Crippen LogP contribution in [0.25, 0.3) is 0 Å². The van der Waals surface area contributed by atoms with Gasteiger partial charge in [-0.2, -0.15) is 13.2 Å². The second-order valence-electron chi connectivity index (χ2n) is 6.64. The van der Waals surface area contributed by atoms with Gasteiger partial charge in [-0.3, -0.25) is 4.79 Å². The summed E-state index contributed by atoms with van der Waals surface area (Å²) in [5.74, 6) is -1.52. The number of hydrogen-bond donors (Lipinski definition) is 1. The van der Waals surface area contributed by atoms with Crippen molar-refractivity contribution in [2.45, 2.75) is 51.1 Å². The molecule has 0 aliphatic carbocycles. The van der Waals surface area contributed by atoms with Crippen LogP contribution in [-0.4, -0.2) is 52.0 Å². The zero-order valence-electron chi connectivity index (χ0n) is 13.4. The van der Waals surface area contributed by atoms with Gasteiger partial charge in [0, 0.05) is 18.8 Å². The second kappa shape index (κ2) is 7.19. The Labute approximate surface area is 137 Å². The fraction of sp³-hybridized carbons (Fsp3) is 0.857. The molecular weight excluding hydrogens is 335 g/mol. The van der Waals surface area contributed by atoms with Crippen LogP contribution in [0.5, 0.6) is 0 Å². The summed E-state index contributed by atoms with van der Waals surface area (Å²) in [5, 5.41) is 9.48. The summed E-state index contributed by atoms with van der Waals surface area (Å²) >= 11 is -0.235. The van der Waals surface area contributed by atoms with Gasteiger partial charge >= 0.3 is 17.6 Å². The van der Waals surface area contributed by atoms with Crippen LogP contribution >= 0.6 is 11.8 Å². The Hall–Kier alpha value is -1.12. The van der Waals surface area contributed by atoms with Crippen molar-refractivity contribution in [2.75, 3.05) is 18.8 Å². The van der Waals surface area contributed by atoms with Gasteiger partial charge in [0.05, 0.1) is 5.41 Å². The van der Waals surface area contributed by atoms with E-state index in [0.717, 1.165) is 0 Å².